The van der Waals surface area contributed by atoms with Crippen LogP contribution < -0.4 is 5.73 Å². The molecular weight excluding hydrogens is 342 g/mol. The van der Waals surface area contributed by atoms with Gasteiger partial charge in [-0.25, -0.2) is 0 Å². The van der Waals surface area contributed by atoms with Crippen molar-refractivity contribution in [1.82, 2.24) is 0 Å². The van der Waals surface area contributed by atoms with E-state index < -0.39 is 0 Å². The van der Waals surface area contributed by atoms with Gasteiger partial charge in [0.25, 0.3) is 0 Å². The van der Waals surface area contributed by atoms with Crippen molar-refractivity contribution in [2.45, 2.75) is 45.1 Å². The van der Waals surface area contributed by atoms with E-state index in [1.807, 2.05) is 0 Å². The lowest BCUT2D eigenvalue weighted by atomic mass is 9.81. The van der Waals surface area contributed by atoms with E-state index in [-0.39, 0.29) is 6.04 Å². The smallest absolute Gasteiger partial charge is 0.0335 e. The van der Waals surface area contributed by atoms with Crippen LogP contribution in [0.2, 0.25) is 0 Å². The third-order valence-electron chi connectivity index (χ3n) is 3.79. The number of hydrogen-bond acceptors (Lipinski definition) is 1. The van der Waals surface area contributed by atoms with Crippen molar-refractivity contribution in [3.8, 4) is 0 Å². The zero-order valence-corrected chi connectivity index (χ0v) is 13.4. The molecule has 0 spiro atoms. The summed E-state index contributed by atoms with van der Waals surface area (Å²) in [6, 6.07) is 4.50. The molecule has 1 nitrogen and oxygen atoms in total. The van der Waals surface area contributed by atoms with Crippen LogP contribution in [0, 0.1) is 12.8 Å². The van der Waals surface area contributed by atoms with Gasteiger partial charge in [0, 0.05) is 15.0 Å². The van der Waals surface area contributed by atoms with Crippen molar-refractivity contribution in [2.75, 3.05) is 0 Å². The fraction of sp³-hybridized carbons (Fsp3) is 0.571. The Kier molecular flexibility index (Phi) is 4.67. The zero-order chi connectivity index (χ0) is 12.4. The Hall–Kier alpha value is 0.140. The van der Waals surface area contributed by atoms with Gasteiger partial charge in [0.2, 0.25) is 0 Å². The highest BCUT2D eigenvalue weighted by molar-refractivity contribution is 9.11. The molecule has 0 bridgehead atoms. The van der Waals surface area contributed by atoms with Gasteiger partial charge >= 0.3 is 0 Å². The van der Waals surface area contributed by atoms with Crippen molar-refractivity contribution in [1.29, 1.82) is 0 Å². The first-order chi connectivity index (χ1) is 8.09. The van der Waals surface area contributed by atoms with Gasteiger partial charge in [-0.05, 0) is 48.9 Å². The molecule has 17 heavy (non-hydrogen) atoms. The molecule has 1 fully saturated rings. The van der Waals surface area contributed by atoms with Crippen molar-refractivity contribution < 1.29 is 0 Å². The first-order valence-corrected chi connectivity index (χ1v) is 7.89. The molecule has 0 saturated heterocycles. The summed E-state index contributed by atoms with van der Waals surface area (Å²) in [5, 5.41) is 0. The predicted octanol–water partition coefficient (Wildman–Crippen LogP) is 5.10. The summed E-state index contributed by atoms with van der Waals surface area (Å²) in [5.74, 6) is 0.648. The standard InChI is InChI=1S/C14H19Br2N/c1-9-7-13(16)11(8-12(9)15)14(17)10-5-3-2-4-6-10/h7-8,10,14H,2-6,17H2,1H3. The molecule has 2 N–H and O–H groups in total. The fourth-order valence-corrected chi connectivity index (χ4v) is 3.75. The maximum atomic E-state index is 6.44. The highest BCUT2D eigenvalue weighted by Gasteiger charge is 2.23. The number of rotatable bonds is 2. The molecule has 1 saturated carbocycles. The molecular formula is C14H19Br2N. The molecule has 0 radical (unpaired) electrons. The van der Waals surface area contributed by atoms with Crippen LogP contribution in [0.15, 0.2) is 21.1 Å². The summed E-state index contributed by atoms with van der Waals surface area (Å²) in [7, 11) is 0. The summed E-state index contributed by atoms with van der Waals surface area (Å²) >= 11 is 7.24. The van der Waals surface area contributed by atoms with Gasteiger partial charge in [0.1, 0.15) is 0 Å². The topological polar surface area (TPSA) is 26.0 Å². The number of nitrogens with two attached hydrogens (primary N) is 1. The largest absolute Gasteiger partial charge is 0.324 e. The Morgan fingerprint density at radius 1 is 1.12 bits per heavy atom. The molecule has 3 heteroatoms. The number of halogens is 2. The predicted molar refractivity (Wildman–Crippen MR) is 80.1 cm³/mol. The molecule has 0 amide bonds. The third-order valence-corrected chi connectivity index (χ3v) is 5.34. The van der Waals surface area contributed by atoms with Gasteiger partial charge in [0.05, 0.1) is 0 Å². The fourth-order valence-electron chi connectivity index (χ4n) is 2.66. The maximum absolute atomic E-state index is 6.44. The average molecular weight is 361 g/mol. The lowest BCUT2D eigenvalue weighted by Gasteiger charge is -2.28. The van der Waals surface area contributed by atoms with Gasteiger partial charge in [-0.2, -0.15) is 0 Å². The van der Waals surface area contributed by atoms with E-state index in [1.165, 1.54) is 43.2 Å². The third kappa shape index (κ3) is 3.12. The number of benzene rings is 1. The summed E-state index contributed by atoms with van der Waals surface area (Å²) in [5.41, 5.74) is 8.93. The minimum atomic E-state index is 0.168. The maximum Gasteiger partial charge on any atom is 0.0335 e. The van der Waals surface area contributed by atoms with E-state index in [9.17, 15) is 0 Å². The van der Waals surface area contributed by atoms with Crippen molar-refractivity contribution in [3.63, 3.8) is 0 Å². The van der Waals surface area contributed by atoms with Gasteiger partial charge in [0.15, 0.2) is 0 Å². The van der Waals surface area contributed by atoms with E-state index in [1.54, 1.807) is 0 Å². The summed E-state index contributed by atoms with van der Waals surface area (Å²) < 4.78 is 2.30. The highest BCUT2D eigenvalue weighted by atomic mass is 79.9. The van der Waals surface area contributed by atoms with Gasteiger partial charge in [-0.1, -0.05) is 51.1 Å². The van der Waals surface area contributed by atoms with Crippen LogP contribution >= 0.6 is 31.9 Å². The molecule has 1 atom stereocenters. The lowest BCUT2D eigenvalue weighted by Crippen LogP contribution is -2.24. The first-order valence-electron chi connectivity index (χ1n) is 6.30. The second-order valence-electron chi connectivity index (χ2n) is 5.05. The van der Waals surface area contributed by atoms with Gasteiger partial charge < -0.3 is 5.73 Å². The van der Waals surface area contributed by atoms with E-state index >= 15 is 0 Å². The Balaban J connectivity index is 2.23. The van der Waals surface area contributed by atoms with Crippen molar-refractivity contribution >= 4 is 31.9 Å². The molecule has 0 aliphatic heterocycles. The Bertz CT molecular complexity index is 397. The van der Waals surface area contributed by atoms with Crippen LogP contribution in [0.5, 0.6) is 0 Å². The lowest BCUT2D eigenvalue weighted by molar-refractivity contribution is 0.307. The van der Waals surface area contributed by atoms with Crippen LogP contribution in [0.4, 0.5) is 0 Å². The quantitative estimate of drug-likeness (QED) is 0.779. The summed E-state index contributed by atoms with van der Waals surface area (Å²) in [6.45, 7) is 2.10. The molecule has 1 aromatic carbocycles. The second-order valence-corrected chi connectivity index (χ2v) is 6.76. The molecule has 0 heterocycles. The summed E-state index contributed by atoms with van der Waals surface area (Å²) in [6.07, 6.45) is 6.60. The van der Waals surface area contributed by atoms with Crippen LogP contribution in [0.25, 0.3) is 0 Å². The minimum absolute atomic E-state index is 0.168. The van der Waals surface area contributed by atoms with Crippen LogP contribution in [-0.2, 0) is 0 Å². The molecule has 94 valence electrons. The monoisotopic (exact) mass is 359 g/mol. The van der Waals surface area contributed by atoms with E-state index in [0.717, 1.165) is 8.95 Å². The van der Waals surface area contributed by atoms with Crippen LogP contribution in [0.3, 0.4) is 0 Å². The van der Waals surface area contributed by atoms with Crippen LogP contribution in [-0.4, -0.2) is 0 Å². The molecule has 1 unspecified atom stereocenters. The number of aryl methyl sites for hydroxylation is 1. The minimum Gasteiger partial charge on any atom is -0.324 e. The molecule has 1 aliphatic carbocycles. The Labute approximate surface area is 120 Å². The van der Waals surface area contributed by atoms with Crippen LogP contribution in [0.1, 0.15) is 49.3 Å². The highest BCUT2D eigenvalue weighted by Crippen LogP contribution is 2.37. The van der Waals surface area contributed by atoms with Gasteiger partial charge in [-0.15, -0.1) is 0 Å². The molecule has 2 rings (SSSR count). The summed E-state index contributed by atoms with van der Waals surface area (Å²) in [4.78, 5) is 0. The van der Waals surface area contributed by atoms with E-state index in [2.05, 4.69) is 50.9 Å². The van der Waals surface area contributed by atoms with Crippen molar-refractivity contribution in [2.24, 2.45) is 11.7 Å². The zero-order valence-electron chi connectivity index (χ0n) is 10.2. The second kappa shape index (κ2) is 5.85. The molecule has 1 aromatic rings. The van der Waals surface area contributed by atoms with E-state index in [4.69, 9.17) is 5.73 Å². The van der Waals surface area contributed by atoms with Gasteiger partial charge in [-0.3, -0.25) is 0 Å². The Morgan fingerprint density at radius 3 is 2.41 bits per heavy atom. The number of hydrogen-bond donors (Lipinski definition) is 1. The SMILES string of the molecule is Cc1cc(Br)c(C(N)C2CCCCC2)cc1Br. The average Bonchev–Trinajstić information content (AvgIpc) is 2.34. The van der Waals surface area contributed by atoms with E-state index in [0.29, 0.717) is 5.92 Å². The first kappa shape index (κ1) is 13.6. The Morgan fingerprint density at radius 2 is 1.76 bits per heavy atom. The van der Waals surface area contributed by atoms with Crippen molar-refractivity contribution in [3.05, 3.63) is 32.2 Å². The molecule has 0 aromatic heterocycles. The normalized spacial score (nSPS) is 19.3. The molecule has 1 aliphatic rings.